The Kier molecular flexibility index (Phi) is 4.86. The number of halogens is 1. The molecule has 152 valence electrons. The van der Waals surface area contributed by atoms with Crippen LogP contribution in [0.4, 0.5) is 4.39 Å². The highest BCUT2D eigenvalue weighted by molar-refractivity contribution is 6.02. The number of aromatic amines is 1. The van der Waals surface area contributed by atoms with Crippen LogP contribution in [0.5, 0.6) is 0 Å². The normalized spacial score (nSPS) is 23.6. The first kappa shape index (κ1) is 18.7. The Balaban J connectivity index is 1.19. The number of carbonyl (C=O) groups excluding carboxylic acids is 2. The van der Waals surface area contributed by atoms with Gasteiger partial charge in [0.15, 0.2) is 11.6 Å². The molecule has 5 rings (SSSR count). The number of benzene rings is 1. The number of likely N-dealkylation sites (tertiary alicyclic amines) is 1. The van der Waals surface area contributed by atoms with Crippen LogP contribution < -0.4 is 0 Å². The van der Waals surface area contributed by atoms with E-state index in [2.05, 4.69) is 9.88 Å². The van der Waals surface area contributed by atoms with Gasteiger partial charge in [-0.15, -0.1) is 0 Å². The summed E-state index contributed by atoms with van der Waals surface area (Å²) in [5.74, 6) is 0.636. The summed E-state index contributed by atoms with van der Waals surface area (Å²) in [7, 11) is 0. The Labute approximate surface area is 170 Å². The molecular weight excluding hydrogens is 367 g/mol. The lowest BCUT2D eigenvalue weighted by molar-refractivity contribution is 0.0652. The maximum Gasteiger partial charge on any atom is 0.169 e. The van der Waals surface area contributed by atoms with E-state index in [4.69, 9.17) is 0 Å². The zero-order valence-corrected chi connectivity index (χ0v) is 16.7. The standard InChI is InChI=1S/C24H27FN2O2/c25-17-8-6-15(7-9-17)22(28)5-2-11-27-12-10-16-13-21-23(24(29)19(16)14-27)18-3-1-4-20(18)26-21/h6-9,16,19,26H,1-5,10-14H2/t16-,19+/m0/s1. The number of rotatable bonds is 5. The topological polar surface area (TPSA) is 53.2 Å². The molecule has 0 bridgehead atoms. The van der Waals surface area contributed by atoms with Crippen molar-refractivity contribution in [3.63, 3.8) is 0 Å². The zero-order valence-electron chi connectivity index (χ0n) is 16.7. The van der Waals surface area contributed by atoms with Crippen molar-refractivity contribution in [2.24, 2.45) is 11.8 Å². The molecule has 1 aliphatic heterocycles. The number of Topliss-reactive ketones (excluding diaryl/α,β-unsaturated/α-hetero) is 2. The molecule has 2 aliphatic carbocycles. The summed E-state index contributed by atoms with van der Waals surface area (Å²) in [5, 5.41) is 0. The largest absolute Gasteiger partial charge is 0.361 e. The number of piperidine rings is 1. The second kappa shape index (κ2) is 7.52. The second-order valence-corrected chi connectivity index (χ2v) is 8.85. The molecule has 2 aromatic rings. The minimum absolute atomic E-state index is 0.0566. The van der Waals surface area contributed by atoms with Crippen molar-refractivity contribution in [3.05, 3.63) is 58.2 Å². The van der Waals surface area contributed by atoms with E-state index in [1.54, 1.807) is 12.1 Å². The molecule has 1 fully saturated rings. The predicted molar refractivity (Wildman–Crippen MR) is 109 cm³/mol. The lowest BCUT2D eigenvalue weighted by atomic mass is 9.72. The fourth-order valence-electron chi connectivity index (χ4n) is 5.54. The Morgan fingerprint density at radius 2 is 2.00 bits per heavy atom. The van der Waals surface area contributed by atoms with Crippen molar-refractivity contribution >= 4 is 11.6 Å². The van der Waals surface area contributed by atoms with Crippen molar-refractivity contribution in [3.8, 4) is 0 Å². The van der Waals surface area contributed by atoms with Gasteiger partial charge in [0.25, 0.3) is 0 Å². The highest BCUT2D eigenvalue weighted by atomic mass is 19.1. The second-order valence-electron chi connectivity index (χ2n) is 8.85. The molecule has 0 amide bonds. The average Bonchev–Trinajstić information content (AvgIpc) is 3.30. The van der Waals surface area contributed by atoms with Crippen molar-refractivity contribution < 1.29 is 14.0 Å². The summed E-state index contributed by atoms with van der Waals surface area (Å²) in [5.41, 5.74) is 5.39. The number of aromatic nitrogens is 1. The SMILES string of the molecule is O=C(CCCN1CC[C@H]2Cc3[nH]c4c(c3C(=O)[C@@H]2C1)CCC4)c1ccc(F)cc1. The van der Waals surface area contributed by atoms with E-state index in [9.17, 15) is 14.0 Å². The van der Waals surface area contributed by atoms with Crippen LogP contribution in [0.25, 0.3) is 0 Å². The summed E-state index contributed by atoms with van der Waals surface area (Å²) in [6.07, 6.45) is 6.57. The lowest BCUT2D eigenvalue weighted by Gasteiger charge is -2.40. The van der Waals surface area contributed by atoms with E-state index >= 15 is 0 Å². The molecular formula is C24H27FN2O2. The monoisotopic (exact) mass is 394 g/mol. The van der Waals surface area contributed by atoms with Gasteiger partial charge >= 0.3 is 0 Å². The Morgan fingerprint density at radius 1 is 1.17 bits per heavy atom. The fourth-order valence-corrected chi connectivity index (χ4v) is 5.54. The highest BCUT2D eigenvalue weighted by Gasteiger charge is 2.42. The lowest BCUT2D eigenvalue weighted by Crippen LogP contribution is -2.47. The molecule has 0 saturated carbocycles. The van der Waals surface area contributed by atoms with Gasteiger partial charge in [-0.3, -0.25) is 9.59 Å². The van der Waals surface area contributed by atoms with Gasteiger partial charge in [0.1, 0.15) is 5.82 Å². The summed E-state index contributed by atoms with van der Waals surface area (Å²) >= 11 is 0. The number of carbonyl (C=O) groups is 2. The average molecular weight is 394 g/mol. The number of H-pyrrole nitrogens is 1. The van der Waals surface area contributed by atoms with Crippen LogP contribution in [-0.4, -0.2) is 41.1 Å². The van der Waals surface area contributed by atoms with Crippen LogP contribution in [0.2, 0.25) is 0 Å². The number of nitrogens with one attached hydrogen (secondary N) is 1. The Morgan fingerprint density at radius 3 is 2.83 bits per heavy atom. The molecule has 5 heteroatoms. The molecule has 2 atom stereocenters. The molecule has 0 unspecified atom stereocenters. The van der Waals surface area contributed by atoms with Crippen molar-refractivity contribution in [2.75, 3.05) is 19.6 Å². The maximum atomic E-state index is 13.3. The molecule has 0 spiro atoms. The first-order chi connectivity index (χ1) is 14.1. The summed E-state index contributed by atoms with van der Waals surface area (Å²) in [4.78, 5) is 31.5. The molecule has 2 heterocycles. The van der Waals surface area contributed by atoms with Crippen LogP contribution in [-0.2, 0) is 19.3 Å². The van der Waals surface area contributed by atoms with E-state index in [0.29, 0.717) is 23.7 Å². The van der Waals surface area contributed by atoms with Crippen LogP contribution in [0.15, 0.2) is 24.3 Å². The van der Waals surface area contributed by atoms with E-state index in [1.165, 1.54) is 29.1 Å². The Bertz CT molecular complexity index is 947. The molecule has 0 radical (unpaired) electrons. The van der Waals surface area contributed by atoms with E-state index in [1.807, 2.05) is 0 Å². The number of hydrogen-bond donors (Lipinski definition) is 1. The Hall–Kier alpha value is -2.27. The molecule has 4 nitrogen and oxygen atoms in total. The summed E-state index contributed by atoms with van der Waals surface area (Å²) in [6.45, 7) is 2.64. The minimum atomic E-state index is -0.321. The summed E-state index contributed by atoms with van der Waals surface area (Å²) < 4.78 is 13.0. The molecule has 1 aromatic heterocycles. The van der Waals surface area contributed by atoms with Crippen LogP contribution in [0.3, 0.4) is 0 Å². The predicted octanol–water partition coefficient (Wildman–Crippen LogP) is 3.98. The molecule has 3 aliphatic rings. The van der Waals surface area contributed by atoms with Gasteiger partial charge in [0.2, 0.25) is 0 Å². The van der Waals surface area contributed by atoms with E-state index in [0.717, 1.165) is 63.7 Å². The van der Waals surface area contributed by atoms with E-state index in [-0.39, 0.29) is 17.5 Å². The molecule has 1 saturated heterocycles. The van der Waals surface area contributed by atoms with E-state index < -0.39 is 0 Å². The van der Waals surface area contributed by atoms with Gasteiger partial charge in [-0.05, 0) is 87.4 Å². The quantitative estimate of drug-likeness (QED) is 0.781. The van der Waals surface area contributed by atoms with Crippen LogP contribution in [0, 0.1) is 17.7 Å². The first-order valence-corrected chi connectivity index (χ1v) is 10.9. The van der Waals surface area contributed by atoms with Gasteiger partial charge in [-0.2, -0.15) is 0 Å². The minimum Gasteiger partial charge on any atom is -0.361 e. The van der Waals surface area contributed by atoms with Crippen LogP contribution >= 0.6 is 0 Å². The van der Waals surface area contributed by atoms with Crippen molar-refractivity contribution in [1.82, 2.24) is 9.88 Å². The third-order valence-corrected chi connectivity index (χ3v) is 7.06. The fraction of sp³-hybridized carbons (Fsp3) is 0.500. The van der Waals surface area contributed by atoms with Crippen molar-refractivity contribution in [1.29, 1.82) is 0 Å². The molecule has 29 heavy (non-hydrogen) atoms. The van der Waals surface area contributed by atoms with Gasteiger partial charge < -0.3 is 9.88 Å². The number of fused-ring (bicyclic) bond motifs is 4. The van der Waals surface area contributed by atoms with Gasteiger partial charge in [-0.1, -0.05) is 0 Å². The number of hydrogen-bond acceptors (Lipinski definition) is 3. The first-order valence-electron chi connectivity index (χ1n) is 10.9. The molecule has 1 aromatic carbocycles. The van der Waals surface area contributed by atoms with Gasteiger partial charge in [0.05, 0.1) is 0 Å². The highest BCUT2D eigenvalue weighted by Crippen LogP contribution is 2.40. The number of nitrogens with zero attached hydrogens (tertiary/aromatic N) is 1. The smallest absolute Gasteiger partial charge is 0.169 e. The van der Waals surface area contributed by atoms with Gasteiger partial charge in [0, 0.05) is 41.4 Å². The molecule has 1 N–H and O–H groups in total. The zero-order chi connectivity index (χ0) is 20.0. The van der Waals surface area contributed by atoms with Gasteiger partial charge in [-0.25, -0.2) is 4.39 Å². The van der Waals surface area contributed by atoms with Crippen molar-refractivity contribution in [2.45, 2.75) is 44.9 Å². The number of aryl methyl sites for hydroxylation is 1. The number of ketones is 2. The summed E-state index contributed by atoms with van der Waals surface area (Å²) in [6, 6.07) is 5.77. The third-order valence-electron chi connectivity index (χ3n) is 7.06. The third kappa shape index (κ3) is 3.46. The maximum absolute atomic E-state index is 13.3. The van der Waals surface area contributed by atoms with Crippen LogP contribution in [0.1, 0.15) is 63.4 Å².